The standard InChI is InChI=1S/C12H9BrClNOS/c1-7-6-17-12(11(7)14)10(16)3-8-2-9(13)5-15-4-8/h2,4-6H,3H2,1H3. The van der Waals surface area contributed by atoms with E-state index in [9.17, 15) is 4.79 Å². The summed E-state index contributed by atoms with van der Waals surface area (Å²) in [4.78, 5) is 16.7. The Hall–Kier alpha value is -0.710. The van der Waals surface area contributed by atoms with Crippen LogP contribution in [-0.4, -0.2) is 10.8 Å². The van der Waals surface area contributed by atoms with Crippen LogP contribution in [0.1, 0.15) is 20.8 Å². The van der Waals surface area contributed by atoms with Gasteiger partial charge >= 0.3 is 0 Å². The zero-order valence-corrected chi connectivity index (χ0v) is 12.2. The molecule has 0 aliphatic rings. The predicted molar refractivity (Wildman–Crippen MR) is 74.0 cm³/mol. The van der Waals surface area contributed by atoms with Crippen molar-refractivity contribution in [1.82, 2.24) is 4.98 Å². The van der Waals surface area contributed by atoms with Crippen LogP contribution in [0.15, 0.2) is 28.3 Å². The zero-order valence-electron chi connectivity index (χ0n) is 9.04. The fourth-order valence-corrected chi connectivity index (χ4v) is 3.09. The van der Waals surface area contributed by atoms with Crippen LogP contribution in [0.25, 0.3) is 0 Å². The Bertz CT molecular complexity index is 567. The minimum atomic E-state index is 0.0352. The lowest BCUT2D eigenvalue weighted by Gasteiger charge is -2.00. The molecule has 0 radical (unpaired) electrons. The van der Waals surface area contributed by atoms with Crippen molar-refractivity contribution in [3.8, 4) is 0 Å². The number of ketones is 1. The smallest absolute Gasteiger partial charge is 0.178 e. The molecule has 0 saturated heterocycles. The largest absolute Gasteiger partial charge is 0.293 e. The molecular formula is C12H9BrClNOS. The first-order valence-corrected chi connectivity index (χ1v) is 6.99. The number of Topliss-reactive ketones (excluding diaryl/α,β-unsaturated/α-hetero) is 1. The van der Waals surface area contributed by atoms with Crippen LogP contribution in [0.5, 0.6) is 0 Å². The Balaban J connectivity index is 2.20. The molecule has 0 aliphatic heterocycles. The maximum absolute atomic E-state index is 12.0. The van der Waals surface area contributed by atoms with E-state index in [0.717, 1.165) is 15.6 Å². The molecule has 0 aliphatic carbocycles. The molecule has 5 heteroatoms. The summed E-state index contributed by atoms with van der Waals surface area (Å²) in [6.07, 6.45) is 3.71. The van der Waals surface area contributed by atoms with Crippen molar-refractivity contribution in [2.24, 2.45) is 0 Å². The van der Waals surface area contributed by atoms with Crippen molar-refractivity contribution >= 4 is 44.7 Å². The van der Waals surface area contributed by atoms with Gasteiger partial charge in [-0.15, -0.1) is 11.3 Å². The monoisotopic (exact) mass is 329 g/mol. The first-order chi connectivity index (χ1) is 8.08. The van der Waals surface area contributed by atoms with E-state index < -0.39 is 0 Å². The number of aromatic nitrogens is 1. The van der Waals surface area contributed by atoms with E-state index in [2.05, 4.69) is 20.9 Å². The second-order valence-corrected chi connectivity index (χ2v) is 5.85. The summed E-state index contributed by atoms with van der Waals surface area (Å²) >= 11 is 10.8. The third kappa shape index (κ3) is 2.94. The minimum Gasteiger partial charge on any atom is -0.293 e. The van der Waals surface area contributed by atoms with Crippen LogP contribution >= 0.6 is 38.9 Å². The van der Waals surface area contributed by atoms with Gasteiger partial charge in [0.1, 0.15) is 0 Å². The first kappa shape index (κ1) is 12.7. The summed E-state index contributed by atoms with van der Waals surface area (Å²) in [5.41, 5.74) is 1.83. The fraction of sp³-hybridized carbons (Fsp3) is 0.167. The van der Waals surface area contributed by atoms with Gasteiger partial charge in [0.05, 0.1) is 9.90 Å². The molecule has 0 fully saturated rings. The molecule has 0 bridgehead atoms. The van der Waals surface area contributed by atoms with Crippen molar-refractivity contribution in [3.05, 3.63) is 49.3 Å². The lowest BCUT2D eigenvalue weighted by atomic mass is 10.1. The van der Waals surface area contributed by atoms with E-state index in [1.54, 1.807) is 12.4 Å². The van der Waals surface area contributed by atoms with Crippen LogP contribution in [0.4, 0.5) is 0 Å². The lowest BCUT2D eigenvalue weighted by molar-refractivity contribution is 0.0997. The van der Waals surface area contributed by atoms with Crippen LogP contribution in [0.3, 0.4) is 0 Å². The molecule has 0 amide bonds. The van der Waals surface area contributed by atoms with Crippen LogP contribution in [0.2, 0.25) is 5.02 Å². The maximum Gasteiger partial charge on any atom is 0.178 e. The topological polar surface area (TPSA) is 30.0 Å². The Kier molecular flexibility index (Phi) is 3.97. The van der Waals surface area contributed by atoms with Gasteiger partial charge in [-0.2, -0.15) is 0 Å². The number of pyridine rings is 1. The van der Waals surface area contributed by atoms with Crippen LogP contribution < -0.4 is 0 Å². The van der Waals surface area contributed by atoms with Gasteiger partial charge in [-0.25, -0.2) is 0 Å². The number of carbonyl (C=O) groups excluding carboxylic acids is 1. The highest BCUT2D eigenvalue weighted by Gasteiger charge is 2.15. The highest BCUT2D eigenvalue weighted by atomic mass is 79.9. The molecule has 2 heterocycles. The van der Waals surface area contributed by atoms with Crippen LogP contribution in [0, 0.1) is 6.92 Å². The third-order valence-corrected chi connectivity index (χ3v) is 4.45. The van der Waals surface area contributed by atoms with Gasteiger partial charge in [0, 0.05) is 23.3 Å². The molecule has 2 aromatic heterocycles. The van der Waals surface area contributed by atoms with E-state index in [-0.39, 0.29) is 5.78 Å². The molecule has 17 heavy (non-hydrogen) atoms. The highest BCUT2D eigenvalue weighted by Crippen LogP contribution is 2.28. The second kappa shape index (κ2) is 5.29. The number of halogens is 2. The summed E-state index contributed by atoms with van der Waals surface area (Å²) in [5.74, 6) is 0.0352. The summed E-state index contributed by atoms with van der Waals surface area (Å²) in [5, 5.41) is 2.47. The molecule has 2 aromatic rings. The molecule has 0 unspecified atom stereocenters. The van der Waals surface area contributed by atoms with Crippen molar-refractivity contribution in [2.75, 3.05) is 0 Å². The third-order valence-electron chi connectivity index (χ3n) is 2.28. The van der Waals surface area contributed by atoms with Gasteiger partial charge in [0.15, 0.2) is 5.78 Å². The quantitative estimate of drug-likeness (QED) is 0.786. The van der Waals surface area contributed by atoms with E-state index >= 15 is 0 Å². The van der Waals surface area contributed by atoms with E-state index in [4.69, 9.17) is 11.6 Å². The van der Waals surface area contributed by atoms with E-state index in [1.807, 2.05) is 18.4 Å². The van der Waals surface area contributed by atoms with Crippen molar-refractivity contribution in [1.29, 1.82) is 0 Å². The Morgan fingerprint density at radius 1 is 1.53 bits per heavy atom. The molecule has 0 aromatic carbocycles. The SMILES string of the molecule is Cc1csc(C(=O)Cc2cncc(Br)c2)c1Cl. The number of aryl methyl sites for hydroxylation is 1. The molecular weight excluding hydrogens is 322 g/mol. The maximum atomic E-state index is 12.0. The second-order valence-electron chi connectivity index (χ2n) is 3.67. The van der Waals surface area contributed by atoms with Crippen LogP contribution in [-0.2, 0) is 6.42 Å². The number of hydrogen-bond donors (Lipinski definition) is 0. The van der Waals surface area contributed by atoms with Crippen molar-refractivity contribution < 1.29 is 4.79 Å². The van der Waals surface area contributed by atoms with E-state index in [0.29, 0.717) is 16.3 Å². The molecule has 0 saturated carbocycles. The number of carbonyl (C=O) groups is 1. The Labute approximate surface area is 117 Å². The molecule has 2 nitrogen and oxygen atoms in total. The summed E-state index contributed by atoms with van der Waals surface area (Å²) < 4.78 is 0.872. The summed E-state index contributed by atoms with van der Waals surface area (Å²) in [6, 6.07) is 1.89. The van der Waals surface area contributed by atoms with Gasteiger partial charge in [0.2, 0.25) is 0 Å². The van der Waals surface area contributed by atoms with Crippen molar-refractivity contribution in [2.45, 2.75) is 13.3 Å². The van der Waals surface area contributed by atoms with Gasteiger partial charge in [-0.05, 0) is 45.4 Å². The summed E-state index contributed by atoms with van der Waals surface area (Å²) in [6.45, 7) is 1.90. The predicted octanol–water partition coefficient (Wildman–Crippen LogP) is 4.29. The highest BCUT2D eigenvalue weighted by molar-refractivity contribution is 9.10. The number of thiophene rings is 1. The van der Waals surface area contributed by atoms with Crippen molar-refractivity contribution in [3.63, 3.8) is 0 Å². The fourth-order valence-electron chi connectivity index (χ4n) is 1.44. The average molecular weight is 331 g/mol. The van der Waals surface area contributed by atoms with Gasteiger partial charge < -0.3 is 0 Å². The Morgan fingerprint density at radius 3 is 2.88 bits per heavy atom. The number of hydrogen-bond acceptors (Lipinski definition) is 3. The minimum absolute atomic E-state index is 0.0352. The molecule has 0 spiro atoms. The molecule has 0 N–H and O–H groups in total. The number of rotatable bonds is 3. The normalized spacial score (nSPS) is 10.5. The average Bonchev–Trinajstić information content (AvgIpc) is 2.60. The lowest BCUT2D eigenvalue weighted by Crippen LogP contribution is -2.02. The first-order valence-electron chi connectivity index (χ1n) is 4.94. The van der Waals surface area contributed by atoms with Gasteiger partial charge in [-0.1, -0.05) is 11.6 Å². The zero-order chi connectivity index (χ0) is 12.4. The summed E-state index contributed by atoms with van der Waals surface area (Å²) in [7, 11) is 0. The van der Waals surface area contributed by atoms with Gasteiger partial charge in [-0.3, -0.25) is 9.78 Å². The van der Waals surface area contributed by atoms with Gasteiger partial charge in [0.25, 0.3) is 0 Å². The van der Waals surface area contributed by atoms with E-state index in [1.165, 1.54) is 11.3 Å². The molecule has 88 valence electrons. The Morgan fingerprint density at radius 2 is 2.29 bits per heavy atom. The number of nitrogens with zero attached hydrogens (tertiary/aromatic N) is 1. The molecule has 2 rings (SSSR count). The molecule has 0 atom stereocenters.